The van der Waals surface area contributed by atoms with E-state index in [4.69, 9.17) is 0 Å². The second-order valence-electron chi connectivity index (χ2n) is 5.85. The molecule has 1 aliphatic rings. The van der Waals surface area contributed by atoms with Crippen LogP contribution in [0.1, 0.15) is 10.4 Å². The Kier molecular flexibility index (Phi) is 3.93. The van der Waals surface area contributed by atoms with Crippen molar-refractivity contribution in [1.82, 2.24) is 0 Å². The number of benzene rings is 3. The van der Waals surface area contributed by atoms with E-state index in [1.807, 2.05) is 66.9 Å². The zero-order chi connectivity index (χ0) is 17.4. The van der Waals surface area contributed by atoms with Gasteiger partial charge in [0.25, 0.3) is 5.91 Å². The summed E-state index contributed by atoms with van der Waals surface area (Å²) in [5, 5.41) is 4.81. The fourth-order valence-electron chi connectivity index (χ4n) is 3.18. The molecule has 25 heavy (non-hydrogen) atoms. The van der Waals surface area contributed by atoms with E-state index in [2.05, 4.69) is 5.32 Å². The van der Waals surface area contributed by atoms with E-state index in [0.717, 1.165) is 27.0 Å². The summed E-state index contributed by atoms with van der Waals surface area (Å²) in [7, 11) is 0. The molecule has 3 aromatic carbocycles. The fourth-order valence-corrected chi connectivity index (χ4v) is 3.64. The highest BCUT2D eigenvalue weighted by Crippen LogP contribution is 2.36. The maximum Gasteiger partial charge on any atom is 0.259 e. The highest BCUT2D eigenvalue weighted by molar-refractivity contribution is 7.98. The molecule has 0 atom stereocenters. The second-order valence-corrected chi connectivity index (χ2v) is 6.73. The average Bonchev–Trinajstić information content (AvgIpc) is 2.90. The Bertz CT molecular complexity index is 995. The smallest absolute Gasteiger partial charge is 0.259 e. The summed E-state index contributed by atoms with van der Waals surface area (Å²) in [4.78, 5) is 27.8. The van der Waals surface area contributed by atoms with Gasteiger partial charge in [-0.05, 0) is 42.0 Å². The lowest BCUT2D eigenvalue weighted by molar-refractivity contribution is -0.114. The largest absolute Gasteiger partial charge is 0.324 e. The van der Waals surface area contributed by atoms with Gasteiger partial charge in [-0.25, -0.2) is 0 Å². The summed E-state index contributed by atoms with van der Waals surface area (Å²) in [5.74, 6) is -0.337. The highest BCUT2D eigenvalue weighted by atomic mass is 32.2. The number of anilines is 2. The molecule has 0 fully saturated rings. The van der Waals surface area contributed by atoms with Gasteiger partial charge in [0.1, 0.15) is 6.54 Å². The predicted octanol–water partition coefficient (Wildman–Crippen LogP) is 4.16. The van der Waals surface area contributed by atoms with Crippen LogP contribution in [0, 0.1) is 0 Å². The van der Waals surface area contributed by atoms with Crippen LogP contribution in [-0.4, -0.2) is 24.6 Å². The summed E-state index contributed by atoms with van der Waals surface area (Å²) in [6.45, 7) is -0.00385. The molecule has 4 nitrogen and oxygen atoms in total. The van der Waals surface area contributed by atoms with Gasteiger partial charge in [-0.1, -0.05) is 30.3 Å². The molecular formula is C20H16N2O2S. The van der Waals surface area contributed by atoms with Crippen LogP contribution in [0.4, 0.5) is 11.4 Å². The number of thioether (sulfide) groups is 1. The predicted molar refractivity (Wildman–Crippen MR) is 102 cm³/mol. The minimum absolute atomic E-state index is 0.00385. The van der Waals surface area contributed by atoms with Crippen LogP contribution in [0.15, 0.2) is 65.6 Å². The molecule has 0 bridgehead atoms. The monoisotopic (exact) mass is 348 g/mol. The number of nitrogens with one attached hydrogen (secondary N) is 1. The minimum Gasteiger partial charge on any atom is -0.324 e. The summed E-state index contributed by atoms with van der Waals surface area (Å²) >= 11 is 1.62. The molecule has 0 spiro atoms. The third kappa shape index (κ3) is 2.76. The number of rotatable bonds is 4. The summed E-state index contributed by atoms with van der Waals surface area (Å²) in [6.07, 6.45) is 1.99. The maximum atomic E-state index is 12.7. The van der Waals surface area contributed by atoms with E-state index in [9.17, 15) is 9.59 Å². The molecule has 0 saturated heterocycles. The molecule has 2 amide bonds. The first-order valence-corrected chi connectivity index (χ1v) is 9.17. The lowest BCUT2D eigenvalue weighted by Gasteiger charge is -2.17. The van der Waals surface area contributed by atoms with Crippen LogP contribution in [0.5, 0.6) is 0 Å². The summed E-state index contributed by atoms with van der Waals surface area (Å²) in [6, 6.07) is 19.1. The molecule has 0 aromatic heterocycles. The Morgan fingerprint density at radius 3 is 2.64 bits per heavy atom. The van der Waals surface area contributed by atoms with Gasteiger partial charge in [0, 0.05) is 21.5 Å². The van der Waals surface area contributed by atoms with Crippen molar-refractivity contribution in [2.24, 2.45) is 0 Å². The molecule has 124 valence electrons. The average molecular weight is 348 g/mol. The van der Waals surface area contributed by atoms with Crippen molar-refractivity contribution in [2.75, 3.05) is 23.0 Å². The fraction of sp³-hybridized carbons (Fsp3) is 0.100. The van der Waals surface area contributed by atoms with Crippen LogP contribution in [0.25, 0.3) is 10.8 Å². The Morgan fingerprint density at radius 1 is 1.08 bits per heavy atom. The molecule has 3 aromatic rings. The van der Waals surface area contributed by atoms with Gasteiger partial charge in [-0.2, -0.15) is 0 Å². The van der Waals surface area contributed by atoms with Crippen molar-refractivity contribution in [3.05, 3.63) is 66.2 Å². The van der Waals surface area contributed by atoms with Crippen molar-refractivity contribution >= 4 is 45.7 Å². The van der Waals surface area contributed by atoms with Crippen molar-refractivity contribution in [3.63, 3.8) is 0 Å². The lowest BCUT2D eigenvalue weighted by Crippen LogP contribution is -2.35. The van der Waals surface area contributed by atoms with Gasteiger partial charge >= 0.3 is 0 Å². The number of carbonyl (C=O) groups excluding carboxylic acids is 2. The van der Waals surface area contributed by atoms with Crippen LogP contribution >= 0.6 is 11.8 Å². The number of amides is 2. The zero-order valence-corrected chi connectivity index (χ0v) is 14.5. The Balaban J connectivity index is 1.58. The molecule has 0 saturated carbocycles. The molecule has 1 N–H and O–H groups in total. The molecular weight excluding hydrogens is 332 g/mol. The van der Waals surface area contributed by atoms with E-state index in [1.54, 1.807) is 16.7 Å². The molecule has 4 rings (SSSR count). The van der Waals surface area contributed by atoms with Gasteiger partial charge in [0.2, 0.25) is 5.91 Å². The quantitative estimate of drug-likeness (QED) is 0.720. The lowest BCUT2D eigenvalue weighted by atomic mass is 10.1. The summed E-state index contributed by atoms with van der Waals surface area (Å²) in [5.41, 5.74) is 2.19. The van der Waals surface area contributed by atoms with E-state index in [0.29, 0.717) is 5.56 Å². The SMILES string of the molecule is CSc1cccc(NC(=O)CN2C(=O)c3cccc4cccc2c34)c1. The topological polar surface area (TPSA) is 49.4 Å². The molecule has 0 aliphatic carbocycles. The minimum atomic E-state index is -0.212. The van der Waals surface area contributed by atoms with Crippen molar-refractivity contribution < 1.29 is 9.59 Å². The van der Waals surface area contributed by atoms with E-state index < -0.39 is 0 Å². The molecule has 1 heterocycles. The van der Waals surface area contributed by atoms with E-state index in [-0.39, 0.29) is 18.4 Å². The number of hydrogen-bond acceptors (Lipinski definition) is 3. The van der Waals surface area contributed by atoms with Gasteiger partial charge in [-0.3, -0.25) is 14.5 Å². The van der Waals surface area contributed by atoms with Crippen molar-refractivity contribution in [1.29, 1.82) is 0 Å². The molecule has 0 unspecified atom stereocenters. The van der Waals surface area contributed by atoms with Crippen LogP contribution in [0.3, 0.4) is 0 Å². The third-order valence-corrected chi connectivity index (χ3v) is 5.03. The van der Waals surface area contributed by atoms with Crippen molar-refractivity contribution in [3.8, 4) is 0 Å². The normalized spacial score (nSPS) is 12.7. The van der Waals surface area contributed by atoms with Gasteiger partial charge < -0.3 is 5.32 Å². The standard InChI is InChI=1S/C20H16N2O2S/c1-25-15-8-4-7-14(11-15)21-18(23)12-22-17-10-3-6-13-5-2-9-16(19(13)17)20(22)24/h2-11H,12H2,1H3,(H,21,23). The van der Waals surface area contributed by atoms with Gasteiger partial charge in [-0.15, -0.1) is 11.8 Å². The first-order chi connectivity index (χ1) is 12.2. The highest BCUT2D eigenvalue weighted by Gasteiger charge is 2.30. The third-order valence-electron chi connectivity index (χ3n) is 4.30. The van der Waals surface area contributed by atoms with E-state index in [1.165, 1.54) is 0 Å². The summed E-state index contributed by atoms with van der Waals surface area (Å²) < 4.78 is 0. The Morgan fingerprint density at radius 2 is 1.84 bits per heavy atom. The van der Waals surface area contributed by atoms with E-state index >= 15 is 0 Å². The maximum absolute atomic E-state index is 12.7. The molecule has 1 aliphatic heterocycles. The first-order valence-electron chi connectivity index (χ1n) is 7.95. The zero-order valence-electron chi connectivity index (χ0n) is 13.7. The second kappa shape index (κ2) is 6.26. The van der Waals surface area contributed by atoms with Crippen LogP contribution in [0.2, 0.25) is 0 Å². The number of nitrogens with zero attached hydrogens (tertiary/aromatic N) is 1. The van der Waals surface area contributed by atoms with Crippen LogP contribution < -0.4 is 10.2 Å². The number of carbonyl (C=O) groups is 2. The molecule has 5 heteroatoms. The first kappa shape index (κ1) is 15.7. The van der Waals surface area contributed by atoms with Crippen LogP contribution in [-0.2, 0) is 4.79 Å². The van der Waals surface area contributed by atoms with Gasteiger partial charge in [0.15, 0.2) is 0 Å². The van der Waals surface area contributed by atoms with Gasteiger partial charge in [0.05, 0.1) is 5.69 Å². The molecule has 0 radical (unpaired) electrons. The Hall–Kier alpha value is -2.79. The Labute approximate surface area is 149 Å². The number of hydrogen-bond donors (Lipinski definition) is 1. The van der Waals surface area contributed by atoms with Crippen molar-refractivity contribution in [2.45, 2.75) is 4.90 Å².